The van der Waals surface area contributed by atoms with Gasteiger partial charge in [0, 0.05) is 11.6 Å². The normalized spacial score (nSPS) is 10.2. The number of nitriles is 1. The molecule has 0 fully saturated rings. The van der Waals surface area contributed by atoms with Gasteiger partial charge in [0.15, 0.2) is 5.13 Å². The maximum atomic E-state index is 8.94. The molecule has 2 aromatic heterocycles. The monoisotopic (exact) mass is 244 g/mol. The van der Waals surface area contributed by atoms with Crippen molar-refractivity contribution >= 4 is 22.3 Å². The molecule has 0 saturated carbocycles. The Morgan fingerprint density at radius 3 is 2.94 bits per heavy atom. The lowest BCUT2D eigenvalue weighted by atomic mass is 10.2. The van der Waals surface area contributed by atoms with Gasteiger partial charge in [0.2, 0.25) is 0 Å². The Labute approximate surface area is 104 Å². The van der Waals surface area contributed by atoms with E-state index >= 15 is 0 Å². The number of rotatable bonds is 3. The molecule has 86 valence electrons. The Morgan fingerprint density at radius 1 is 1.47 bits per heavy atom. The Kier molecular flexibility index (Phi) is 3.35. The summed E-state index contributed by atoms with van der Waals surface area (Å²) >= 11 is 1.52. The van der Waals surface area contributed by atoms with Crippen molar-refractivity contribution in [3.05, 3.63) is 35.0 Å². The van der Waals surface area contributed by atoms with Crippen LogP contribution in [0.2, 0.25) is 0 Å². The van der Waals surface area contributed by atoms with Crippen molar-refractivity contribution in [2.45, 2.75) is 19.8 Å². The molecule has 0 aliphatic carbocycles. The van der Waals surface area contributed by atoms with Crippen LogP contribution in [0.5, 0.6) is 0 Å². The molecule has 0 aromatic carbocycles. The van der Waals surface area contributed by atoms with Crippen molar-refractivity contribution in [3.8, 4) is 6.07 Å². The smallest absolute Gasteiger partial charge is 0.188 e. The largest absolute Gasteiger partial charge is 0.315 e. The van der Waals surface area contributed by atoms with Crippen molar-refractivity contribution in [2.24, 2.45) is 0 Å². The molecule has 5 heteroatoms. The molecule has 0 aliphatic heterocycles. The zero-order valence-corrected chi connectivity index (χ0v) is 10.5. The molecule has 0 spiro atoms. The Bertz CT molecular complexity index is 554. The van der Waals surface area contributed by atoms with E-state index in [9.17, 15) is 0 Å². The first kappa shape index (κ1) is 11.6. The fourth-order valence-corrected chi connectivity index (χ4v) is 2.18. The molecular formula is C12H12N4S. The van der Waals surface area contributed by atoms with Crippen LogP contribution in [-0.2, 0) is 0 Å². The van der Waals surface area contributed by atoms with Crippen LogP contribution in [0.4, 0.5) is 10.9 Å². The molecule has 1 N–H and O–H groups in total. The summed E-state index contributed by atoms with van der Waals surface area (Å²) in [5.41, 5.74) is 1.57. The molecule has 2 aromatic rings. The summed E-state index contributed by atoms with van der Waals surface area (Å²) < 4.78 is 0. The van der Waals surface area contributed by atoms with Gasteiger partial charge in [-0.25, -0.2) is 9.97 Å². The number of aromatic nitrogens is 2. The van der Waals surface area contributed by atoms with Gasteiger partial charge in [-0.3, -0.25) is 0 Å². The summed E-state index contributed by atoms with van der Waals surface area (Å²) in [6, 6.07) is 5.57. The molecular weight excluding hydrogens is 232 g/mol. The zero-order chi connectivity index (χ0) is 12.3. The van der Waals surface area contributed by atoms with E-state index in [-0.39, 0.29) is 0 Å². The first-order valence-electron chi connectivity index (χ1n) is 5.28. The molecule has 17 heavy (non-hydrogen) atoms. The van der Waals surface area contributed by atoms with Gasteiger partial charge in [-0.1, -0.05) is 13.8 Å². The van der Waals surface area contributed by atoms with Crippen molar-refractivity contribution in [1.82, 2.24) is 9.97 Å². The highest BCUT2D eigenvalue weighted by Gasteiger charge is 2.08. The number of nitrogens with one attached hydrogen (secondary N) is 1. The second-order valence-corrected chi connectivity index (χ2v) is 4.73. The molecule has 0 amide bonds. The van der Waals surface area contributed by atoms with Gasteiger partial charge in [-0.05, 0) is 18.1 Å². The van der Waals surface area contributed by atoms with E-state index < -0.39 is 0 Å². The van der Waals surface area contributed by atoms with Crippen molar-refractivity contribution in [2.75, 3.05) is 5.32 Å². The number of nitrogens with zero attached hydrogens (tertiary/aromatic N) is 3. The second-order valence-electron chi connectivity index (χ2n) is 3.87. The minimum atomic E-state index is 0.404. The molecule has 2 heterocycles. The van der Waals surface area contributed by atoms with E-state index in [4.69, 9.17) is 5.26 Å². The molecule has 4 nitrogen and oxygen atoms in total. The first-order valence-corrected chi connectivity index (χ1v) is 6.16. The second kappa shape index (κ2) is 4.93. The number of thiazole rings is 1. The summed E-state index contributed by atoms with van der Waals surface area (Å²) in [7, 11) is 0. The third kappa shape index (κ3) is 2.60. The van der Waals surface area contributed by atoms with Gasteiger partial charge in [0.05, 0.1) is 11.3 Å². The lowest BCUT2D eigenvalue weighted by Gasteiger charge is -2.03. The lowest BCUT2D eigenvalue weighted by Crippen LogP contribution is -1.96. The van der Waals surface area contributed by atoms with Gasteiger partial charge in [0.1, 0.15) is 11.9 Å². The summed E-state index contributed by atoms with van der Waals surface area (Å²) in [5.74, 6) is 0.959. The standard InChI is InChI=1S/C12H12N4S/c1-8(2)10-7-17-12(15-10)16-11-9(6-13)4-3-5-14-11/h3-5,7-8H,1-2H3,(H,14,15,16). The Balaban J connectivity index is 2.23. The molecule has 0 aliphatic rings. The SMILES string of the molecule is CC(C)c1csc(Nc2ncccc2C#N)n1. The van der Waals surface area contributed by atoms with Crippen LogP contribution in [0.25, 0.3) is 0 Å². The van der Waals surface area contributed by atoms with E-state index in [2.05, 4.69) is 35.2 Å². The highest BCUT2D eigenvalue weighted by molar-refractivity contribution is 7.13. The average molecular weight is 244 g/mol. The van der Waals surface area contributed by atoms with Crippen LogP contribution in [0.3, 0.4) is 0 Å². The first-order chi connectivity index (χ1) is 8.20. The lowest BCUT2D eigenvalue weighted by molar-refractivity contribution is 0.834. The quantitative estimate of drug-likeness (QED) is 0.900. The number of hydrogen-bond acceptors (Lipinski definition) is 5. The van der Waals surface area contributed by atoms with Gasteiger partial charge in [-0.15, -0.1) is 11.3 Å². The number of pyridine rings is 1. The van der Waals surface area contributed by atoms with Crippen LogP contribution in [0.15, 0.2) is 23.7 Å². The minimum Gasteiger partial charge on any atom is -0.315 e. The minimum absolute atomic E-state index is 0.404. The maximum Gasteiger partial charge on any atom is 0.188 e. The predicted molar refractivity (Wildman–Crippen MR) is 68.4 cm³/mol. The molecule has 0 unspecified atom stereocenters. The molecule has 0 atom stereocenters. The van der Waals surface area contributed by atoms with Crippen molar-refractivity contribution in [1.29, 1.82) is 5.26 Å². The Hall–Kier alpha value is -1.93. The van der Waals surface area contributed by atoms with Gasteiger partial charge < -0.3 is 5.32 Å². The van der Waals surface area contributed by atoms with E-state index in [1.54, 1.807) is 18.3 Å². The van der Waals surface area contributed by atoms with E-state index in [0.29, 0.717) is 17.3 Å². The fraction of sp³-hybridized carbons (Fsp3) is 0.250. The molecule has 2 rings (SSSR count). The average Bonchev–Trinajstić information content (AvgIpc) is 2.78. The van der Waals surface area contributed by atoms with Crippen LogP contribution in [-0.4, -0.2) is 9.97 Å². The fourth-order valence-electron chi connectivity index (χ4n) is 1.31. The van der Waals surface area contributed by atoms with E-state index in [0.717, 1.165) is 10.8 Å². The summed E-state index contributed by atoms with van der Waals surface area (Å²) in [6.07, 6.45) is 1.65. The van der Waals surface area contributed by atoms with Crippen LogP contribution < -0.4 is 5.32 Å². The molecule has 0 bridgehead atoms. The number of anilines is 2. The van der Waals surface area contributed by atoms with E-state index in [1.807, 2.05) is 5.38 Å². The number of hydrogen-bond donors (Lipinski definition) is 1. The summed E-state index contributed by atoms with van der Waals surface area (Å²) in [4.78, 5) is 8.57. The predicted octanol–water partition coefficient (Wildman–Crippen LogP) is 3.28. The van der Waals surface area contributed by atoms with Gasteiger partial charge in [0.25, 0.3) is 0 Å². The Morgan fingerprint density at radius 2 is 2.29 bits per heavy atom. The maximum absolute atomic E-state index is 8.94. The van der Waals surface area contributed by atoms with E-state index in [1.165, 1.54) is 11.3 Å². The third-order valence-electron chi connectivity index (χ3n) is 2.27. The highest BCUT2D eigenvalue weighted by Crippen LogP contribution is 2.24. The third-order valence-corrected chi connectivity index (χ3v) is 3.04. The topological polar surface area (TPSA) is 61.6 Å². The van der Waals surface area contributed by atoms with Crippen LogP contribution in [0.1, 0.15) is 31.0 Å². The van der Waals surface area contributed by atoms with Gasteiger partial charge >= 0.3 is 0 Å². The molecule has 0 saturated heterocycles. The van der Waals surface area contributed by atoms with Crippen molar-refractivity contribution < 1.29 is 0 Å². The zero-order valence-electron chi connectivity index (χ0n) is 9.64. The molecule has 0 radical (unpaired) electrons. The van der Waals surface area contributed by atoms with Crippen LogP contribution in [0, 0.1) is 11.3 Å². The van der Waals surface area contributed by atoms with Crippen LogP contribution >= 0.6 is 11.3 Å². The summed E-state index contributed by atoms with van der Waals surface area (Å²) in [6.45, 7) is 4.20. The highest BCUT2D eigenvalue weighted by atomic mass is 32.1. The van der Waals surface area contributed by atoms with Gasteiger partial charge in [-0.2, -0.15) is 5.26 Å². The van der Waals surface area contributed by atoms with Crippen molar-refractivity contribution in [3.63, 3.8) is 0 Å². The summed E-state index contributed by atoms with van der Waals surface area (Å²) in [5, 5.41) is 14.8.